The second-order valence-electron chi connectivity index (χ2n) is 6.73. The first-order valence-corrected chi connectivity index (χ1v) is 8.63. The molecular weight excluding hydrogens is 302 g/mol. The van der Waals surface area contributed by atoms with Crippen LogP contribution in [0.15, 0.2) is 23.0 Å². The molecule has 2 heterocycles. The smallest absolute Gasteiger partial charge is 0.224 e. The summed E-state index contributed by atoms with van der Waals surface area (Å²) in [5, 5.41) is 4.18. The predicted molar refractivity (Wildman–Crippen MR) is 96.2 cm³/mol. The zero-order chi connectivity index (χ0) is 17.3. The van der Waals surface area contributed by atoms with Crippen LogP contribution in [0, 0.1) is 13.8 Å². The number of H-pyrrole nitrogens is 1. The molecule has 5 heteroatoms. The van der Waals surface area contributed by atoms with E-state index in [-0.39, 0.29) is 17.4 Å². The maximum absolute atomic E-state index is 12.4. The van der Waals surface area contributed by atoms with Crippen LogP contribution in [0.1, 0.15) is 36.6 Å². The lowest BCUT2D eigenvalue weighted by molar-refractivity contribution is -0.127. The van der Waals surface area contributed by atoms with Crippen molar-refractivity contribution in [3.63, 3.8) is 0 Å². The van der Waals surface area contributed by atoms with Crippen LogP contribution in [-0.2, 0) is 11.3 Å². The average molecular weight is 327 g/mol. The molecule has 0 radical (unpaired) electrons. The molecule has 1 amide bonds. The highest BCUT2D eigenvalue weighted by molar-refractivity contribution is 5.84. The van der Waals surface area contributed by atoms with Crippen LogP contribution < -0.4 is 10.7 Å². The van der Waals surface area contributed by atoms with Crippen molar-refractivity contribution in [1.29, 1.82) is 0 Å². The molecule has 1 aliphatic heterocycles. The van der Waals surface area contributed by atoms with Crippen molar-refractivity contribution in [3.05, 3.63) is 45.2 Å². The summed E-state index contributed by atoms with van der Waals surface area (Å²) in [4.78, 5) is 29.7. The third-order valence-electron chi connectivity index (χ3n) is 4.75. The second-order valence-corrected chi connectivity index (χ2v) is 6.73. The highest BCUT2D eigenvalue weighted by Gasteiger charge is 2.28. The Kier molecular flexibility index (Phi) is 4.71. The molecule has 0 unspecified atom stereocenters. The minimum absolute atomic E-state index is 0.0526. The zero-order valence-corrected chi connectivity index (χ0v) is 14.6. The molecule has 2 N–H and O–H groups in total. The van der Waals surface area contributed by atoms with Crippen molar-refractivity contribution >= 4 is 16.8 Å². The highest BCUT2D eigenvalue weighted by Crippen LogP contribution is 2.18. The summed E-state index contributed by atoms with van der Waals surface area (Å²) >= 11 is 0. The Balaban J connectivity index is 1.76. The number of likely N-dealkylation sites (tertiary alicyclic amines) is 1. The summed E-state index contributed by atoms with van der Waals surface area (Å²) in [6.07, 6.45) is 1.52. The minimum atomic E-state index is 0.0526. The fraction of sp³-hybridized carbons (Fsp3) is 0.474. The summed E-state index contributed by atoms with van der Waals surface area (Å²) in [6, 6.07) is 5.84. The third-order valence-corrected chi connectivity index (χ3v) is 4.75. The number of hydrogen-bond acceptors (Lipinski definition) is 3. The molecule has 0 bridgehead atoms. The van der Waals surface area contributed by atoms with Gasteiger partial charge in [0.05, 0.1) is 5.52 Å². The zero-order valence-electron chi connectivity index (χ0n) is 14.6. The number of rotatable bonds is 5. The molecule has 1 aromatic heterocycles. The van der Waals surface area contributed by atoms with Crippen molar-refractivity contribution in [1.82, 2.24) is 15.2 Å². The first kappa shape index (κ1) is 16.7. The number of carbonyl (C=O) groups is 1. The van der Waals surface area contributed by atoms with Crippen molar-refractivity contribution in [2.75, 3.05) is 13.1 Å². The highest BCUT2D eigenvalue weighted by atomic mass is 16.2. The van der Waals surface area contributed by atoms with E-state index in [0.717, 1.165) is 47.2 Å². The molecule has 0 spiro atoms. The summed E-state index contributed by atoms with van der Waals surface area (Å²) in [5.41, 5.74) is 3.89. The molecule has 24 heavy (non-hydrogen) atoms. The molecular formula is C19H25N3O2. The van der Waals surface area contributed by atoms with Crippen LogP contribution in [-0.4, -0.2) is 34.9 Å². The van der Waals surface area contributed by atoms with Crippen molar-refractivity contribution in [2.24, 2.45) is 0 Å². The van der Waals surface area contributed by atoms with Crippen LogP contribution in [0.4, 0.5) is 0 Å². The van der Waals surface area contributed by atoms with Gasteiger partial charge in [-0.05, 0) is 31.4 Å². The van der Waals surface area contributed by atoms with Crippen LogP contribution in [0.3, 0.4) is 0 Å². The molecule has 128 valence electrons. The van der Waals surface area contributed by atoms with E-state index in [4.69, 9.17) is 0 Å². The Morgan fingerprint density at radius 3 is 2.75 bits per heavy atom. The van der Waals surface area contributed by atoms with Gasteiger partial charge < -0.3 is 15.2 Å². The van der Waals surface area contributed by atoms with Gasteiger partial charge in [0.2, 0.25) is 5.91 Å². The van der Waals surface area contributed by atoms with Gasteiger partial charge in [0.25, 0.3) is 0 Å². The van der Waals surface area contributed by atoms with Gasteiger partial charge in [-0.1, -0.05) is 19.1 Å². The SMILES string of the molecule is CCCN1C[C@@H](NCc2cc(=O)c3c(C)ccc(C)c3[nH]2)CC1=O. The molecule has 0 saturated carbocycles. The number of fused-ring (bicyclic) bond motifs is 1. The number of aromatic amines is 1. The normalized spacial score (nSPS) is 17.9. The van der Waals surface area contributed by atoms with E-state index in [9.17, 15) is 9.59 Å². The van der Waals surface area contributed by atoms with Crippen LogP contribution in [0.2, 0.25) is 0 Å². The first-order valence-electron chi connectivity index (χ1n) is 8.63. The second kappa shape index (κ2) is 6.77. The number of aryl methyl sites for hydroxylation is 2. The Morgan fingerprint density at radius 1 is 1.25 bits per heavy atom. The Hall–Kier alpha value is -2.14. The van der Waals surface area contributed by atoms with E-state index < -0.39 is 0 Å². The summed E-state index contributed by atoms with van der Waals surface area (Å²) < 4.78 is 0. The van der Waals surface area contributed by atoms with Gasteiger partial charge in [-0.3, -0.25) is 9.59 Å². The van der Waals surface area contributed by atoms with E-state index in [1.165, 1.54) is 0 Å². The molecule has 0 aliphatic carbocycles. The van der Waals surface area contributed by atoms with Gasteiger partial charge in [-0.25, -0.2) is 0 Å². The fourth-order valence-corrected chi connectivity index (χ4v) is 3.46. The lowest BCUT2D eigenvalue weighted by atomic mass is 10.0. The molecule has 1 atom stereocenters. The van der Waals surface area contributed by atoms with E-state index in [1.54, 1.807) is 6.07 Å². The van der Waals surface area contributed by atoms with E-state index in [2.05, 4.69) is 17.2 Å². The van der Waals surface area contributed by atoms with Crippen molar-refractivity contribution < 1.29 is 4.79 Å². The van der Waals surface area contributed by atoms with Crippen LogP contribution in [0.25, 0.3) is 10.9 Å². The van der Waals surface area contributed by atoms with E-state index in [0.29, 0.717) is 13.0 Å². The number of nitrogens with one attached hydrogen (secondary N) is 2. The maximum Gasteiger partial charge on any atom is 0.224 e. The molecule has 3 rings (SSSR count). The van der Waals surface area contributed by atoms with Crippen molar-refractivity contribution in [2.45, 2.75) is 46.2 Å². The van der Waals surface area contributed by atoms with Crippen molar-refractivity contribution in [3.8, 4) is 0 Å². The van der Waals surface area contributed by atoms with E-state index >= 15 is 0 Å². The molecule has 1 fully saturated rings. The number of aromatic nitrogens is 1. The number of carbonyl (C=O) groups excluding carboxylic acids is 1. The minimum Gasteiger partial charge on any atom is -0.357 e. The van der Waals surface area contributed by atoms with Gasteiger partial charge in [0.15, 0.2) is 5.43 Å². The number of benzene rings is 1. The predicted octanol–water partition coefficient (Wildman–Crippen LogP) is 2.25. The lowest BCUT2D eigenvalue weighted by Crippen LogP contribution is -2.33. The quantitative estimate of drug-likeness (QED) is 0.885. The number of pyridine rings is 1. The molecule has 1 aromatic carbocycles. The van der Waals surface area contributed by atoms with Gasteiger partial charge in [-0.15, -0.1) is 0 Å². The molecule has 1 saturated heterocycles. The topological polar surface area (TPSA) is 65.2 Å². The monoisotopic (exact) mass is 327 g/mol. The molecule has 2 aromatic rings. The van der Waals surface area contributed by atoms with Gasteiger partial charge in [0, 0.05) is 49.2 Å². The lowest BCUT2D eigenvalue weighted by Gasteiger charge is -2.16. The summed E-state index contributed by atoms with van der Waals surface area (Å²) in [5.74, 6) is 0.216. The number of hydrogen-bond donors (Lipinski definition) is 2. The summed E-state index contributed by atoms with van der Waals surface area (Å²) in [6.45, 7) is 8.19. The molecule has 5 nitrogen and oxygen atoms in total. The fourth-order valence-electron chi connectivity index (χ4n) is 3.46. The first-order chi connectivity index (χ1) is 11.5. The number of amides is 1. The van der Waals surface area contributed by atoms with Gasteiger partial charge in [0.1, 0.15) is 0 Å². The van der Waals surface area contributed by atoms with Gasteiger partial charge >= 0.3 is 0 Å². The Labute approximate surface area is 142 Å². The average Bonchev–Trinajstić information content (AvgIpc) is 2.89. The largest absolute Gasteiger partial charge is 0.357 e. The van der Waals surface area contributed by atoms with Crippen LogP contribution >= 0.6 is 0 Å². The van der Waals surface area contributed by atoms with Gasteiger partial charge in [-0.2, -0.15) is 0 Å². The van der Waals surface area contributed by atoms with E-state index in [1.807, 2.05) is 30.9 Å². The van der Waals surface area contributed by atoms with Crippen LogP contribution in [0.5, 0.6) is 0 Å². The standard InChI is InChI=1S/C19H25N3O2/c1-4-7-22-11-15(9-17(22)24)20-10-14-8-16(23)18-12(2)5-6-13(3)19(18)21-14/h5-6,8,15,20H,4,7,9-11H2,1-3H3,(H,21,23)/t15-/m0/s1. The number of nitrogens with zero attached hydrogens (tertiary/aromatic N) is 1. The third kappa shape index (κ3) is 3.22. The summed E-state index contributed by atoms with van der Waals surface area (Å²) in [7, 11) is 0. The molecule has 1 aliphatic rings. The maximum atomic E-state index is 12.4. The Bertz CT molecular complexity index is 825. The Morgan fingerprint density at radius 2 is 2.00 bits per heavy atom.